The molecule has 1 aliphatic heterocycles. The van der Waals surface area contributed by atoms with Gasteiger partial charge in [0.05, 0.1) is 18.1 Å². The van der Waals surface area contributed by atoms with Crippen molar-refractivity contribution in [2.45, 2.75) is 4.90 Å². The van der Waals surface area contributed by atoms with Crippen molar-refractivity contribution in [3.8, 4) is 11.4 Å². The first-order chi connectivity index (χ1) is 15.1. The maximum Gasteiger partial charge on any atom is 0.324 e. The number of urea groups is 1. The van der Waals surface area contributed by atoms with Gasteiger partial charge in [0.25, 0.3) is 0 Å². The summed E-state index contributed by atoms with van der Waals surface area (Å²) in [7, 11) is 0. The van der Waals surface area contributed by atoms with E-state index in [0.29, 0.717) is 35.7 Å². The Bertz CT molecular complexity index is 1050. The lowest BCUT2D eigenvalue weighted by atomic mass is 10.2. The van der Waals surface area contributed by atoms with E-state index in [-0.39, 0.29) is 6.03 Å². The lowest BCUT2D eigenvalue weighted by molar-refractivity contribution is 0.122. The Hall–Kier alpha value is -2.88. The molecular formula is C21H21ClN6O2S. The van der Waals surface area contributed by atoms with Gasteiger partial charge in [-0.3, -0.25) is 5.32 Å². The highest BCUT2D eigenvalue weighted by Crippen LogP contribution is 2.35. The van der Waals surface area contributed by atoms with Crippen molar-refractivity contribution in [3.05, 3.63) is 53.8 Å². The van der Waals surface area contributed by atoms with E-state index in [0.717, 1.165) is 29.4 Å². The van der Waals surface area contributed by atoms with Crippen LogP contribution in [0.1, 0.15) is 0 Å². The molecule has 0 aliphatic carbocycles. The summed E-state index contributed by atoms with van der Waals surface area (Å²) in [5.74, 6) is 1.83. The summed E-state index contributed by atoms with van der Waals surface area (Å²) >= 11 is 8.01. The Morgan fingerprint density at radius 1 is 1.10 bits per heavy atom. The standard InChI is InChI=1S/C21H21ClN6O2S/c1-31-17-18(22)26-19(27-20(17)28-10-12-30-13-11-28)14-5-7-15(8-6-14)24-21(29)25-16-4-2-3-9-23-16/h2-9H,10-13H2,1H3,(H2,23,24,25,29). The number of carbonyl (C=O) groups is 1. The number of pyridine rings is 1. The number of amides is 2. The van der Waals surface area contributed by atoms with E-state index in [4.69, 9.17) is 21.3 Å². The second kappa shape index (κ2) is 9.95. The molecule has 3 heterocycles. The number of carbonyl (C=O) groups excluding carboxylic acids is 1. The van der Waals surface area contributed by atoms with E-state index < -0.39 is 0 Å². The van der Waals surface area contributed by atoms with Gasteiger partial charge in [-0.05, 0) is 42.7 Å². The maximum atomic E-state index is 12.1. The number of nitrogens with zero attached hydrogens (tertiary/aromatic N) is 4. The predicted octanol–water partition coefficient (Wildman–Crippen LogP) is 4.39. The van der Waals surface area contributed by atoms with Crippen LogP contribution in [0.15, 0.2) is 53.6 Å². The topological polar surface area (TPSA) is 92.3 Å². The number of hydrogen-bond donors (Lipinski definition) is 2. The van der Waals surface area contributed by atoms with Crippen molar-refractivity contribution < 1.29 is 9.53 Å². The van der Waals surface area contributed by atoms with Gasteiger partial charge in [-0.15, -0.1) is 11.8 Å². The van der Waals surface area contributed by atoms with E-state index in [2.05, 4.69) is 25.5 Å². The van der Waals surface area contributed by atoms with Crippen LogP contribution in [-0.2, 0) is 4.74 Å². The molecule has 0 atom stereocenters. The SMILES string of the molecule is CSc1c(Cl)nc(-c2ccc(NC(=O)Nc3ccccn3)cc2)nc1N1CCOCC1. The first kappa shape index (κ1) is 21.4. The summed E-state index contributed by atoms with van der Waals surface area (Å²) in [5.41, 5.74) is 1.44. The van der Waals surface area contributed by atoms with Crippen molar-refractivity contribution in [2.24, 2.45) is 0 Å². The molecular weight excluding hydrogens is 436 g/mol. The summed E-state index contributed by atoms with van der Waals surface area (Å²) in [4.78, 5) is 28.5. The quantitative estimate of drug-likeness (QED) is 0.434. The molecule has 0 radical (unpaired) electrons. The van der Waals surface area contributed by atoms with Crippen LogP contribution >= 0.6 is 23.4 Å². The van der Waals surface area contributed by atoms with E-state index >= 15 is 0 Å². The fourth-order valence-electron chi connectivity index (χ4n) is 3.12. The molecule has 4 rings (SSSR count). The minimum Gasteiger partial charge on any atom is -0.378 e. The van der Waals surface area contributed by atoms with Crippen LogP contribution in [0.5, 0.6) is 0 Å². The monoisotopic (exact) mass is 456 g/mol. The molecule has 2 aromatic heterocycles. The molecule has 2 N–H and O–H groups in total. The third-order valence-corrected chi connectivity index (χ3v) is 5.80. The summed E-state index contributed by atoms with van der Waals surface area (Å²) in [6, 6.07) is 12.2. The van der Waals surface area contributed by atoms with Crippen LogP contribution in [0.25, 0.3) is 11.4 Å². The van der Waals surface area contributed by atoms with Crippen LogP contribution in [0.3, 0.4) is 0 Å². The van der Waals surface area contributed by atoms with E-state index in [9.17, 15) is 4.79 Å². The molecule has 1 aliphatic rings. The van der Waals surface area contributed by atoms with Crippen LogP contribution < -0.4 is 15.5 Å². The zero-order chi connectivity index (χ0) is 21.6. The minimum absolute atomic E-state index is 0.371. The Kier molecular flexibility index (Phi) is 6.86. The van der Waals surface area contributed by atoms with E-state index in [1.54, 1.807) is 36.5 Å². The van der Waals surface area contributed by atoms with Crippen LogP contribution in [-0.4, -0.2) is 53.5 Å². The third kappa shape index (κ3) is 5.25. The lowest BCUT2D eigenvalue weighted by Gasteiger charge is -2.29. The number of ether oxygens (including phenoxy) is 1. The number of halogens is 1. The lowest BCUT2D eigenvalue weighted by Crippen LogP contribution is -2.37. The molecule has 0 bridgehead atoms. The third-order valence-electron chi connectivity index (χ3n) is 4.63. The summed E-state index contributed by atoms with van der Waals surface area (Å²) < 4.78 is 5.45. The van der Waals surface area contributed by atoms with Gasteiger partial charge in [0.15, 0.2) is 5.82 Å². The minimum atomic E-state index is -0.371. The molecule has 0 saturated carbocycles. The molecule has 0 spiro atoms. The van der Waals surface area contributed by atoms with E-state index in [1.165, 1.54) is 11.8 Å². The molecule has 2 amide bonds. The molecule has 3 aromatic rings. The average molecular weight is 457 g/mol. The number of morpholine rings is 1. The van der Waals surface area contributed by atoms with Gasteiger partial charge in [0.2, 0.25) is 0 Å². The number of aromatic nitrogens is 3. The molecule has 10 heteroatoms. The number of hydrogen-bond acceptors (Lipinski definition) is 7. The first-order valence-corrected chi connectivity index (χ1v) is 11.3. The molecule has 1 saturated heterocycles. The molecule has 1 fully saturated rings. The van der Waals surface area contributed by atoms with Crippen molar-refractivity contribution in [3.63, 3.8) is 0 Å². The number of rotatable bonds is 5. The normalized spacial score (nSPS) is 13.7. The van der Waals surface area contributed by atoms with Crippen LogP contribution in [0, 0.1) is 0 Å². The molecule has 31 heavy (non-hydrogen) atoms. The van der Waals surface area contributed by atoms with Crippen molar-refractivity contribution >= 4 is 46.7 Å². The maximum absolute atomic E-state index is 12.1. The summed E-state index contributed by atoms with van der Waals surface area (Å²) in [6.45, 7) is 2.83. The Balaban J connectivity index is 1.52. The number of benzene rings is 1. The Labute approximate surface area is 189 Å². The number of thioether (sulfide) groups is 1. The Morgan fingerprint density at radius 3 is 2.55 bits per heavy atom. The predicted molar refractivity (Wildman–Crippen MR) is 124 cm³/mol. The van der Waals surface area contributed by atoms with E-state index in [1.807, 2.05) is 18.4 Å². The van der Waals surface area contributed by atoms with Gasteiger partial charge < -0.3 is 15.0 Å². The number of nitrogens with one attached hydrogen (secondary N) is 2. The van der Waals surface area contributed by atoms with Gasteiger partial charge in [-0.1, -0.05) is 17.7 Å². The van der Waals surface area contributed by atoms with Crippen molar-refractivity contribution in [1.29, 1.82) is 0 Å². The Morgan fingerprint density at radius 2 is 1.87 bits per heavy atom. The number of anilines is 3. The van der Waals surface area contributed by atoms with Gasteiger partial charge >= 0.3 is 6.03 Å². The van der Waals surface area contributed by atoms with Gasteiger partial charge in [-0.25, -0.2) is 19.7 Å². The first-order valence-electron chi connectivity index (χ1n) is 9.68. The second-order valence-electron chi connectivity index (χ2n) is 6.67. The molecule has 160 valence electrons. The molecule has 1 aromatic carbocycles. The zero-order valence-electron chi connectivity index (χ0n) is 16.8. The fourth-order valence-corrected chi connectivity index (χ4v) is 4.09. The van der Waals surface area contributed by atoms with Crippen LogP contribution in [0.4, 0.5) is 22.1 Å². The fraction of sp³-hybridized carbons (Fsp3) is 0.238. The highest BCUT2D eigenvalue weighted by Gasteiger charge is 2.21. The van der Waals surface area contributed by atoms with Crippen molar-refractivity contribution in [1.82, 2.24) is 15.0 Å². The zero-order valence-corrected chi connectivity index (χ0v) is 18.4. The molecule has 8 nitrogen and oxygen atoms in total. The summed E-state index contributed by atoms with van der Waals surface area (Å²) in [5, 5.41) is 5.89. The molecule has 0 unspecified atom stereocenters. The highest BCUT2D eigenvalue weighted by molar-refractivity contribution is 7.98. The highest BCUT2D eigenvalue weighted by atomic mass is 35.5. The average Bonchev–Trinajstić information content (AvgIpc) is 2.80. The second-order valence-corrected chi connectivity index (χ2v) is 7.84. The van der Waals surface area contributed by atoms with Gasteiger partial charge in [0, 0.05) is 30.5 Å². The van der Waals surface area contributed by atoms with Crippen LogP contribution in [0.2, 0.25) is 5.15 Å². The van der Waals surface area contributed by atoms with Gasteiger partial charge in [-0.2, -0.15) is 0 Å². The van der Waals surface area contributed by atoms with Crippen molar-refractivity contribution in [2.75, 3.05) is 48.1 Å². The smallest absolute Gasteiger partial charge is 0.324 e. The largest absolute Gasteiger partial charge is 0.378 e. The summed E-state index contributed by atoms with van der Waals surface area (Å²) in [6.07, 6.45) is 3.58. The van der Waals surface area contributed by atoms with Gasteiger partial charge in [0.1, 0.15) is 16.8 Å².